The van der Waals surface area contributed by atoms with Crippen LogP contribution in [0, 0.1) is 13.8 Å². The van der Waals surface area contributed by atoms with Crippen LogP contribution in [-0.2, 0) is 6.54 Å². The summed E-state index contributed by atoms with van der Waals surface area (Å²) in [5.74, 6) is -0.562. The van der Waals surface area contributed by atoms with Crippen molar-refractivity contribution in [2.24, 2.45) is 0 Å². The Morgan fingerprint density at radius 3 is 2.92 bits per heavy atom. The number of aryl methyl sites for hydroxylation is 1. The van der Waals surface area contributed by atoms with Gasteiger partial charge in [0.25, 0.3) is 0 Å². The second-order valence-electron chi connectivity index (χ2n) is 6.91. The van der Waals surface area contributed by atoms with E-state index in [4.69, 9.17) is 0 Å². The lowest BCUT2D eigenvalue weighted by molar-refractivity contribution is 0.0696. The first-order valence-corrected chi connectivity index (χ1v) is 8.69. The van der Waals surface area contributed by atoms with Crippen molar-refractivity contribution in [3.05, 3.63) is 68.6 Å². The van der Waals surface area contributed by atoms with Gasteiger partial charge in [-0.15, -0.1) is 0 Å². The maximum absolute atomic E-state index is 12.1. The van der Waals surface area contributed by atoms with E-state index in [1.807, 2.05) is 26.0 Å². The zero-order valence-corrected chi connectivity index (χ0v) is 14.7. The van der Waals surface area contributed by atoms with Crippen molar-refractivity contribution in [1.82, 2.24) is 9.88 Å². The van der Waals surface area contributed by atoms with Crippen LogP contribution in [0.25, 0.3) is 0 Å². The van der Waals surface area contributed by atoms with Gasteiger partial charge in [-0.1, -0.05) is 12.1 Å². The Morgan fingerprint density at radius 2 is 2.16 bits per heavy atom. The van der Waals surface area contributed by atoms with Gasteiger partial charge in [-0.3, -0.25) is 9.69 Å². The number of nitrogens with zero attached hydrogens (tertiary/aromatic N) is 1. The van der Waals surface area contributed by atoms with E-state index in [0.717, 1.165) is 54.9 Å². The molecule has 2 N–H and O–H groups in total. The fraction of sp³-hybridized carbons (Fsp3) is 0.400. The van der Waals surface area contributed by atoms with Crippen LogP contribution in [0.15, 0.2) is 35.3 Å². The van der Waals surface area contributed by atoms with Crippen LogP contribution in [0.5, 0.6) is 0 Å². The molecule has 0 radical (unpaired) electrons. The predicted octanol–water partition coefficient (Wildman–Crippen LogP) is 3.07. The van der Waals surface area contributed by atoms with Crippen LogP contribution in [0.3, 0.4) is 0 Å². The number of carboxylic acids is 1. The maximum atomic E-state index is 12.1. The van der Waals surface area contributed by atoms with E-state index in [0.29, 0.717) is 11.5 Å². The molecule has 1 fully saturated rings. The van der Waals surface area contributed by atoms with Crippen molar-refractivity contribution in [1.29, 1.82) is 0 Å². The number of benzene rings is 1. The molecule has 25 heavy (non-hydrogen) atoms. The normalized spacial score (nSPS) is 18.2. The topological polar surface area (TPSA) is 73.4 Å². The van der Waals surface area contributed by atoms with Gasteiger partial charge in [0.05, 0.1) is 5.56 Å². The number of hydrogen-bond donors (Lipinski definition) is 2. The summed E-state index contributed by atoms with van der Waals surface area (Å²) in [6, 6.07) is 7.25. The molecule has 2 aromatic rings. The molecule has 0 saturated carbocycles. The van der Waals surface area contributed by atoms with E-state index >= 15 is 0 Å². The van der Waals surface area contributed by atoms with Crippen molar-refractivity contribution < 1.29 is 9.90 Å². The van der Waals surface area contributed by atoms with Gasteiger partial charge in [0.15, 0.2) is 5.43 Å². The molecular weight excluding hydrogens is 316 g/mol. The van der Waals surface area contributed by atoms with Crippen molar-refractivity contribution in [3.8, 4) is 0 Å². The first kappa shape index (κ1) is 17.4. The third-order valence-electron chi connectivity index (χ3n) is 5.11. The largest absolute Gasteiger partial charge is 0.478 e. The highest BCUT2D eigenvalue weighted by atomic mass is 16.4. The number of likely N-dealkylation sites (tertiary alicyclic amines) is 1. The number of piperidine rings is 1. The molecule has 132 valence electrons. The van der Waals surface area contributed by atoms with Gasteiger partial charge < -0.3 is 10.1 Å². The Balaban J connectivity index is 1.76. The number of carbonyl (C=O) groups is 1. The standard InChI is InChI=1S/C20H24N2O3/c1-13-10-21-18(14(2)19(13)23)12-22-8-4-7-17(11-22)15-5-3-6-16(9-15)20(24)25/h3,5-6,9-10,17H,4,7-8,11-12H2,1-2H3,(H,21,23)(H,24,25)/t17-/m0/s1. The van der Waals surface area contributed by atoms with Gasteiger partial charge in [0.1, 0.15) is 0 Å². The minimum Gasteiger partial charge on any atom is -0.478 e. The summed E-state index contributed by atoms with van der Waals surface area (Å²) in [5.41, 5.74) is 4.03. The van der Waals surface area contributed by atoms with Crippen molar-refractivity contribution in [3.63, 3.8) is 0 Å². The van der Waals surface area contributed by atoms with E-state index in [-0.39, 0.29) is 5.43 Å². The van der Waals surface area contributed by atoms with E-state index in [9.17, 15) is 14.7 Å². The van der Waals surface area contributed by atoms with Gasteiger partial charge in [-0.2, -0.15) is 0 Å². The summed E-state index contributed by atoms with van der Waals surface area (Å²) in [6.45, 7) is 6.28. The third kappa shape index (κ3) is 3.82. The quantitative estimate of drug-likeness (QED) is 0.897. The number of H-pyrrole nitrogens is 1. The van der Waals surface area contributed by atoms with Crippen LogP contribution in [0.2, 0.25) is 0 Å². The summed E-state index contributed by atoms with van der Waals surface area (Å²) in [4.78, 5) is 28.9. The summed E-state index contributed by atoms with van der Waals surface area (Å²) in [5, 5.41) is 9.19. The number of nitrogens with one attached hydrogen (secondary N) is 1. The van der Waals surface area contributed by atoms with E-state index < -0.39 is 5.97 Å². The van der Waals surface area contributed by atoms with E-state index in [1.165, 1.54) is 0 Å². The minimum atomic E-state index is -0.887. The summed E-state index contributed by atoms with van der Waals surface area (Å²) in [7, 11) is 0. The molecule has 0 aliphatic carbocycles. The predicted molar refractivity (Wildman–Crippen MR) is 97.2 cm³/mol. The molecule has 1 aliphatic rings. The molecule has 0 bridgehead atoms. The molecule has 5 heteroatoms. The number of hydrogen-bond acceptors (Lipinski definition) is 3. The highest BCUT2D eigenvalue weighted by Gasteiger charge is 2.23. The lowest BCUT2D eigenvalue weighted by Crippen LogP contribution is -2.35. The number of aromatic nitrogens is 1. The Kier molecular flexibility index (Phi) is 5.04. The molecule has 3 rings (SSSR count). The average molecular weight is 340 g/mol. The number of aromatic carboxylic acids is 1. The lowest BCUT2D eigenvalue weighted by Gasteiger charge is -2.33. The monoisotopic (exact) mass is 340 g/mol. The Hall–Kier alpha value is -2.40. The van der Waals surface area contributed by atoms with Crippen molar-refractivity contribution in [2.75, 3.05) is 13.1 Å². The van der Waals surface area contributed by atoms with Crippen LogP contribution >= 0.6 is 0 Å². The molecule has 1 aliphatic heterocycles. The fourth-order valence-electron chi connectivity index (χ4n) is 3.59. The zero-order chi connectivity index (χ0) is 18.0. The van der Waals surface area contributed by atoms with Gasteiger partial charge in [-0.25, -0.2) is 4.79 Å². The fourth-order valence-corrected chi connectivity index (χ4v) is 3.59. The number of aromatic amines is 1. The zero-order valence-electron chi connectivity index (χ0n) is 14.7. The highest BCUT2D eigenvalue weighted by Crippen LogP contribution is 2.28. The first-order chi connectivity index (χ1) is 12.0. The molecule has 0 amide bonds. The minimum absolute atomic E-state index is 0.108. The van der Waals surface area contributed by atoms with Crippen LogP contribution in [-0.4, -0.2) is 34.0 Å². The Morgan fingerprint density at radius 1 is 1.36 bits per heavy atom. The summed E-state index contributed by atoms with van der Waals surface area (Å²) >= 11 is 0. The lowest BCUT2D eigenvalue weighted by atomic mass is 9.89. The molecule has 1 aromatic carbocycles. The molecule has 1 atom stereocenters. The van der Waals surface area contributed by atoms with Crippen LogP contribution in [0.1, 0.15) is 51.5 Å². The Bertz CT molecular complexity index is 841. The summed E-state index contributed by atoms with van der Waals surface area (Å²) < 4.78 is 0. The first-order valence-electron chi connectivity index (χ1n) is 8.69. The molecule has 1 saturated heterocycles. The number of carboxylic acid groups (broad SMARTS) is 1. The smallest absolute Gasteiger partial charge is 0.335 e. The highest BCUT2D eigenvalue weighted by molar-refractivity contribution is 5.87. The molecule has 2 heterocycles. The molecule has 0 unspecified atom stereocenters. The molecular formula is C20H24N2O3. The average Bonchev–Trinajstić information content (AvgIpc) is 2.62. The van der Waals surface area contributed by atoms with Crippen molar-refractivity contribution >= 4 is 5.97 Å². The second kappa shape index (κ2) is 7.23. The van der Waals surface area contributed by atoms with E-state index in [1.54, 1.807) is 18.3 Å². The van der Waals surface area contributed by atoms with Gasteiger partial charge in [0.2, 0.25) is 0 Å². The van der Waals surface area contributed by atoms with Gasteiger partial charge >= 0.3 is 5.97 Å². The van der Waals surface area contributed by atoms with Crippen molar-refractivity contribution in [2.45, 2.75) is 39.2 Å². The summed E-state index contributed by atoms with van der Waals surface area (Å²) in [6.07, 6.45) is 3.91. The number of pyridine rings is 1. The number of rotatable bonds is 4. The Labute approximate surface area is 147 Å². The van der Waals surface area contributed by atoms with E-state index in [2.05, 4.69) is 9.88 Å². The van der Waals surface area contributed by atoms with Crippen LogP contribution in [0.4, 0.5) is 0 Å². The maximum Gasteiger partial charge on any atom is 0.335 e. The molecule has 5 nitrogen and oxygen atoms in total. The third-order valence-corrected chi connectivity index (χ3v) is 5.11. The van der Waals surface area contributed by atoms with Gasteiger partial charge in [0, 0.05) is 36.1 Å². The van der Waals surface area contributed by atoms with Gasteiger partial charge in [-0.05, 0) is 56.8 Å². The molecule has 0 spiro atoms. The van der Waals surface area contributed by atoms with Crippen LogP contribution < -0.4 is 5.43 Å². The SMILES string of the molecule is Cc1c[nH]c(CN2CCC[C@H](c3cccc(C(=O)O)c3)C2)c(C)c1=O. The molecule has 1 aromatic heterocycles. The second-order valence-corrected chi connectivity index (χ2v) is 6.91.